The van der Waals surface area contributed by atoms with Crippen molar-refractivity contribution in [3.63, 3.8) is 0 Å². The number of rotatable bonds is 3. The highest BCUT2D eigenvalue weighted by Crippen LogP contribution is 2.61. The van der Waals surface area contributed by atoms with Gasteiger partial charge in [0.1, 0.15) is 0 Å². The Labute approximate surface area is 101 Å². The zero-order valence-electron chi connectivity index (χ0n) is 11.2. The summed E-state index contributed by atoms with van der Waals surface area (Å²) in [4.78, 5) is 2.42. The van der Waals surface area contributed by atoms with Gasteiger partial charge in [-0.25, -0.2) is 0 Å². The first kappa shape index (κ1) is 11.1. The Bertz CT molecular complexity index is 233. The van der Waals surface area contributed by atoms with Gasteiger partial charge in [-0.05, 0) is 89.1 Å². The Morgan fingerprint density at radius 3 is 1.81 bits per heavy atom. The third-order valence-corrected chi connectivity index (χ3v) is 5.78. The van der Waals surface area contributed by atoms with Crippen LogP contribution in [0.5, 0.6) is 0 Å². The Kier molecular flexibility index (Phi) is 2.58. The molecule has 4 bridgehead atoms. The van der Waals surface area contributed by atoms with E-state index < -0.39 is 0 Å². The quantitative estimate of drug-likeness (QED) is 0.704. The van der Waals surface area contributed by atoms with Crippen molar-refractivity contribution in [1.29, 1.82) is 0 Å². The zero-order chi connectivity index (χ0) is 11.3. The predicted octanol–water partition coefficient (Wildman–Crippen LogP) is 3.54. The summed E-state index contributed by atoms with van der Waals surface area (Å²) < 4.78 is 0. The van der Waals surface area contributed by atoms with E-state index in [2.05, 4.69) is 25.9 Å². The molecule has 4 fully saturated rings. The Hall–Kier alpha value is -0.0400. The molecular weight excluding hydrogens is 194 g/mol. The third-order valence-electron chi connectivity index (χ3n) is 5.78. The van der Waals surface area contributed by atoms with Gasteiger partial charge in [0.15, 0.2) is 0 Å². The van der Waals surface area contributed by atoms with E-state index in [1.165, 1.54) is 6.42 Å². The van der Waals surface area contributed by atoms with Crippen LogP contribution in [0.4, 0.5) is 0 Å². The molecule has 1 heteroatoms. The van der Waals surface area contributed by atoms with Crippen LogP contribution in [0, 0.1) is 23.2 Å². The molecule has 0 N–H and O–H groups in total. The number of hydrogen-bond acceptors (Lipinski definition) is 1. The molecule has 4 aliphatic carbocycles. The maximum absolute atomic E-state index is 2.42. The first-order chi connectivity index (χ1) is 7.56. The van der Waals surface area contributed by atoms with Crippen molar-refractivity contribution < 1.29 is 0 Å². The molecule has 0 saturated heterocycles. The largest absolute Gasteiger partial charge is 0.307 e. The minimum Gasteiger partial charge on any atom is -0.307 e. The predicted molar refractivity (Wildman–Crippen MR) is 68.4 cm³/mol. The molecule has 0 aromatic carbocycles. The van der Waals surface area contributed by atoms with Crippen molar-refractivity contribution in [1.82, 2.24) is 4.90 Å². The smallest absolute Gasteiger partial charge is 0.00661 e. The van der Waals surface area contributed by atoms with Crippen LogP contribution in [0.3, 0.4) is 0 Å². The van der Waals surface area contributed by atoms with Gasteiger partial charge < -0.3 is 4.90 Å². The van der Waals surface area contributed by atoms with E-state index in [0.29, 0.717) is 0 Å². The van der Waals surface area contributed by atoms with E-state index in [1.54, 1.807) is 38.5 Å². The highest BCUT2D eigenvalue weighted by Gasteiger charge is 2.50. The second kappa shape index (κ2) is 3.73. The van der Waals surface area contributed by atoms with E-state index in [-0.39, 0.29) is 0 Å². The van der Waals surface area contributed by atoms with Crippen LogP contribution in [0.1, 0.15) is 51.9 Å². The van der Waals surface area contributed by atoms with Crippen molar-refractivity contribution in [2.45, 2.75) is 57.9 Å². The van der Waals surface area contributed by atoms with Crippen LogP contribution >= 0.6 is 0 Å². The lowest BCUT2D eigenvalue weighted by molar-refractivity contribution is -0.0660. The molecule has 0 radical (unpaired) electrons. The monoisotopic (exact) mass is 221 g/mol. The van der Waals surface area contributed by atoms with Gasteiger partial charge in [0.2, 0.25) is 0 Å². The van der Waals surface area contributed by atoms with Crippen molar-refractivity contribution in [2.75, 3.05) is 14.1 Å². The Balaban J connectivity index is 1.73. The Morgan fingerprint density at radius 2 is 1.44 bits per heavy atom. The second-order valence-corrected chi connectivity index (χ2v) is 7.43. The fourth-order valence-corrected chi connectivity index (χ4v) is 5.35. The molecule has 0 heterocycles. The maximum Gasteiger partial charge on any atom is 0.00661 e. The van der Waals surface area contributed by atoms with E-state index in [9.17, 15) is 0 Å². The molecule has 0 aromatic heterocycles. The highest BCUT2D eigenvalue weighted by atomic mass is 15.1. The molecule has 0 amide bonds. The van der Waals surface area contributed by atoms with Crippen molar-refractivity contribution in [3.8, 4) is 0 Å². The van der Waals surface area contributed by atoms with Gasteiger partial charge in [0, 0.05) is 6.04 Å². The summed E-state index contributed by atoms with van der Waals surface area (Å²) in [6.45, 7) is 2.42. The third kappa shape index (κ3) is 1.81. The zero-order valence-corrected chi connectivity index (χ0v) is 11.2. The van der Waals surface area contributed by atoms with Gasteiger partial charge in [-0.15, -0.1) is 0 Å². The normalized spacial score (nSPS) is 47.6. The molecule has 1 atom stereocenters. The summed E-state index contributed by atoms with van der Waals surface area (Å²) in [7, 11) is 4.48. The van der Waals surface area contributed by atoms with Crippen molar-refractivity contribution in [3.05, 3.63) is 0 Å². The van der Waals surface area contributed by atoms with E-state index in [1.807, 2.05) is 0 Å². The first-order valence-corrected chi connectivity index (χ1v) is 7.23. The fraction of sp³-hybridized carbons (Fsp3) is 1.00. The molecule has 1 nitrogen and oxygen atoms in total. The summed E-state index contributed by atoms with van der Waals surface area (Å²) in [5.74, 6) is 3.34. The molecule has 92 valence electrons. The van der Waals surface area contributed by atoms with E-state index >= 15 is 0 Å². The van der Waals surface area contributed by atoms with Gasteiger partial charge in [-0.3, -0.25) is 0 Å². The molecule has 16 heavy (non-hydrogen) atoms. The lowest BCUT2D eigenvalue weighted by Gasteiger charge is -2.58. The average Bonchev–Trinajstić information content (AvgIpc) is 2.13. The number of nitrogens with zero attached hydrogens (tertiary/aromatic N) is 1. The standard InChI is InChI=1S/C15H27N/c1-11(16(2)3)7-15-8-12-4-13(9-15)6-14(5-12)10-15/h11-14H,4-10H2,1-3H3/t11-,12?,13?,14?,15?/m0/s1. The van der Waals surface area contributed by atoms with E-state index in [0.717, 1.165) is 29.2 Å². The van der Waals surface area contributed by atoms with Gasteiger partial charge in [0.25, 0.3) is 0 Å². The second-order valence-electron chi connectivity index (χ2n) is 7.43. The van der Waals surface area contributed by atoms with Gasteiger partial charge in [-0.1, -0.05) is 0 Å². The molecule has 0 aliphatic heterocycles. The highest BCUT2D eigenvalue weighted by molar-refractivity contribution is 5.02. The first-order valence-electron chi connectivity index (χ1n) is 7.23. The lowest BCUT2D eigenvalue weighted by atomic mass is 9.48. The average molecular weight is 221 g/mol. The van der Waals surface area contributed by atoms with Crippen molar-refractivity contribution >= 4 is 0 Å². The fourth-order valence-electron chi connectivity index (χ4n) is 5.35. The van der Waals surface area contributed by atoms with Crippen LogP contribution in [-0.4, -0.2) is 25.0 Å². The SMILES string of the molecule is C[C@@H](CC12CC3CC(CC(C3)C1)C2)N(C)C. The summed E-state index contributed by atoms with van der Waals surface area (Å²) in [5, 5.41) is 0. The maximum atomic E-state index is 2.42. The summed E-state index contributed by atoms with van der Waals surface area (Å²) >= 11 is 0. The van der Waals surface area contributed by atoms with Crippen molar-refractivity contribution in [2.24, 2.45) is 23.2 Å². The Morgan fingerprint density at radius 1 is 1.00 bits per heavy atom. The van der Waals surface area contributed by atoms with Gasteiger partial charge >= 0.3 is 0 Å². The van der Waals surface area contributed by atoms with Crippen LogP contribution in [0.25, 0.3) is 0 Å². The summed E-state index contributed by atoms with van der Waals surface area (Å²) in [6.07, 6.45) is 10.9. The number of hydrogen-bond donors (Lipinski definition) is 0. The molecule has 4 saturated carbocycles. The van der Waals surface area contributed by atoms with Crippen LogP contribution in [0.15, 0.2) is 0 Å². The van der Waals surface area contributed by atoms with Crippen LogP contribution in [-0.2, 0) is 0 Å². The van der Waals surface area contributed by atoms with E-state index in [4.69, 9.17) is 0 Å². The molecule has 4 rings (SSSR count). The molecule has 0 unspecified atom stereocenters. The van der Waals surface area contributed by atoms with Crippen LogP contribution in [0.2, 0.25) is 0 Å². The minimum atomic E-state index is 0.762. The van der Waals surface area contributed by atoms with Gasteiger partial charge in [0.05, 0.1) is 0 Å². The summed E-state index contributed by atoms with van der Waals surface area (Å²) in [5.41, 5.74) is 0.762. The minimum absolute atomic E-state index is 0.762. The topological polar surface area (TPSA) is 3.24 Å². The molecular formula is C15H27N. The lowest BCUT2D eigenvalue weighted by Crippen LogP contribution is -2.48. The summed E-state index contributed by atoms with van der Waals surface area (Å²) in [6, 6.07) is 0.774. The van der Waals surface area contributed by atoms with Gasteiger partial charge in [-0.2, -0.15) is 0 Å². The van der Waals surface area contributed by atoms with Crippen LogP contribution < -0.4 is 0 Å². The molecule has 0 aromatic rings. The molecule has 4 aliphatic rings. The molecule has 0 spiro atoms.